The van der Waals surface area contributed by atoms with E-state index in [2.05, 4.69) is 10.6 Å². The second-order valence-corrected chi connectivity index (χ2v) is 5.95. The lowest BCUT2D eigenvalue weighted by molar-refractivity contribution is -0.128. The van der Waals surface area contributed by atoms with Crippen LogP contribution in [0.4, 0.5) is 0 Å². The smallest absolute Gasteiger partial charge is 0.246 e. The van der Waals surface area contributed by atoms with Gasteiger partial charge in [0.1, 0.15) is 6.61 Å². The normalized spacial score (nSPS) is 20.8. The zero-order valence-corrected chi connectivity index (χ0v) is 11.3. The van der Waals surface area contributed by atoms with Gasteiger partial charge in [-0.1, -0.05) is 0 Å². The molecule has 1 heterocycles. The van der Waals surface area contributed by atoms with Crippen molar-refractivity contribution in [2.24, 2.45) is 0 Å². The predicted octanol–water partition coefficient (Wildman–Crippen LogP) is -0.362. The van der Waals surface area contributed by atoms with Gasteiger partial charge in [-0.15, -0.1) is 0 Å². The maximum Gasteiger partial charge on any atom is 0.246 e. The molecule has 0 bridgehead atoms. The van der Waals surface area contributed by atoms with Gasteiger partial charge in [0.05, 0.1) is 6.10 Å². The molecule has 1 aliphatic rings. The van der Waals surface area contributed by atoms with E-state index in [1.807, 2.05) is 6.92 Å². The Labute approximate surface area is 105 Å². The molecule has 0 spiro atoms. The van der Waals surface area contributed by atoms with Gasteiger partial charge in [-0.2, -0.15) is 0 Å². The Bertz CT molecular complexity index is 267. The van der Waals surface area contributed by atoms with Crippen molar-refractivity contribution >= 4 is 16.7 Å². The van der Waals surface area contributed by atoms with Gasteiger partial charge < -0.3 is 15.4 Å². The van der Waals surface area contributed by atoms with Gasteiger partial charge in [0.2, 0.25) is 5.91 Å². The van der Waals surface area contributed by atoms with Crippen molar-refractivity contribution in [2.75, 3.05) is 31.7 Å². The number of hydrogen-bond acceptors (Lipinski definition) is 4. The highest BCUT2D eigenvalue weighted by atomic mass is 32.2. The van der Waals surface area contributed by atoms with Crippen molar-refractivity contribution in [1.82, 2.24) is 10.6 Å². The third-order valence-corrected chi connectivity index (χ3v) is 3.60. The summed E-state index contributed by atoms with van der Waals surface area (Å²) in [6.07, 6.45) is 3.75. The van der Waals surface area contributed by atoms with Crippen molar-refractivity contribution < 1.29 is 13.7 Å². The maximum absolute atomic E-state index is 11.5. The van der Waals surface area contributed by atoms with E-state index in [9.17, 15) is 9.00 Å². The number of piperidine rings is 1. The molecule has 100 valence electrons. The first-order valence-electron chi connectivity index (χ1n) is 5.99. The van der Waals surface area contributed by atoms with Crippen molar-refractivity contribution in [1.29, 1.82) is 0 Å². The van der Waals surface area contributed by atoms with Crippen LogP contribution in [-0.4, -0.2) is 54.0 Å². The number of carbonyl (C=O) groups is 1. The van der Waals surface area contributed by atoms with Crippen LogP contribution in [0.15, 0.2) is 0 Å². The molecule has 1 aliphatic heterocycles. The van der Waals surface area contributed by atoms with Crippen molar-refractivity contribution in [3.05, 3.63) is 0 Å². The van der Waals surface area contributed by atoms with Crippen molar-refractivity contribution in [3.63, 3.8) is 0 Å². The summed E-state index contributed by atoms with van der Waals surface area (Å²) in [6, 6.07) is -0.0649. The fourth-order valence-corrected chi connectivity index (χ4v) is 2.65. The Morgan fingerprint density at radius 1 is 1.53 bits per heavy atom. The van der Waals surface area contributed by atoms with Gasteiger partial charge in [-0.05, 0) is 32.9 Å². The average Bonchev–Trinajstić information content (AvgIpc) is 2.26. The summed E-state index contributed by atoms with van der Waals surface area (Å²) >= 11 is 0. The fourth-order valence-electron chi connectivity index (χ4n) is 1.87. The van der Waals surface area contributed by atoms with E-state index in [1.54, 1.807) is 6.26 Å². The van der Waals surface area contributed by atoms with Gasteiger partial charge in [0.15, 0.2) is 0 Å². The third kappa shape index (κ3) is 6.75. The lowest BCUT2D eigenvalue weighted by Gasteiger charge is -2.23. The molecule has 17 heavy (non-hydrogen) atoms. The van der Waals surface area contributed by atoms with E-state index in [0.717, 1.165) is 25.9 Å². The molecule has 0 aliphatic carbocycles. The van der Waals surface area contributed by atoms with Crippen LogP contribution < -0.4 is 10.6 Å². The molecule has 2 N–H and O–H groups in total. The van der Waals surface area contributed by atoms with Crippen molar-refractivity contribution in [2.45, 2.75) is 31.9 Å². The number of amides is 1. The lowest BCUT2D eigenvalue weighted by atomic mass is 10.1. The molecule has 0 aromatic heterocycles. The van der Waals surface area contributed by atoms with Gasteiger partial charge in [0, 0.05) is 28.9 Å². The van der Waals surface area contributed by atoms with E-state index in [-0.39, 0.29) is 24.7 Å². The molecular formula is C11H22N2O3S. The average molecular weight is 262 g/mol. The number of nitrogens with one attached hydrogen (secondary N) is 2. The van der Waals surface area contributed by atoms with Crippen LogP contribution >= 0.6 is 0 Å². The minimum Gasteiger partial charge on any atom is -0.368 e. The summed E-state index contributed by atoms with van der Waals surface area (Å²) in [5, 5.41) is 6.02. The fraction of sp³-hybridized carbons (Fsp3) is 0.909. The first-order valence-corrected chi connectivity index (χ1v) is 7.72. The zero-order chi connectivity index (χ0) is 12.7. The summed E-state index contributed by atoms with van der Waals surface area (Å²) in [7, 11) is -0.884. The van der Waals surface area contributed by atoms with Gasteiger partial charge in [-0.3, -0.25) is 9.00 Å². The Morgan fingerprint density at radius 2 is 2.18 bits per heavy atom. The monoisotopic (exact) mass is 262 g/mol. The molecule has 2 unspecified atom stereocenters. The summed E-state index contributed by atoms with van der Waals surface area (Å²) in [5.74, 6) is 0.362. The minimum atomic E-state index is -0.884. The van der Waals surface area contributed by atoms with E-state index in [0.29, 0.717) is 5.75 Å². The highest BCUT2D eigenvalue weighted by molar-refractivity contribution is 7.84. The first kappa shape index (κ1) is 14.6. The Morgan fingerprint density at radius 3 is 2.76 bits per heavy atom. The number of hydrogen-bond donors (Lipinski definition) is 2. The van der Waals surface area contributed by atoms with Crippen LogP contribution in [0.3, 0.4) is 0 Å². The van der Waals surface area contributed by atoms with E-state index in [1.165, 1.54) is 0 Å². The van der Waals surface area contributed by atoms with E-state index in [4.69, 9.17) is 4.74 Å². The number of carbonyl (C=O) groups excluding carboxylic acids is 1. The Hall–Kier alpha value is -0.460. The zero-order valence-electron chi connectivity index (χ0n) is 10.5. The van der Waals surface area contributed by atoms with Crippen LogP contribution in [0.2, 0.25) is 0 Å². The third-order valence-electron chi connectivity index (χ3n) is 2.63. The highest BCUT2D eigenvalue weighted by Gasteiger charge is 2.15. The molecule has 0 saturated carbocycles. The molecule has 0 radical (unpaired) electrons. The number of ether oxygens (including phenoxy) is 1. The first-order chi connectivity index (χ1) is 8.08. The lowest BCUT2D eigenvalue weighted by Crippen LogP contribution is -2.40. The molecular weight excluding hydrogens is 240 g/mol. The summed E-state index contributed by atoms with van der Waals surface area (Å²) in [4.78, 5) is 11.5. The summed E-state index contributed by atoms with van der Waals surface area (Å²) in [5.41, 5.74) is 0. The summed E-state index contributed by atoms with van der Waals surface area (Å²) in [6.45, 7) is 3.87. The largest absolute Gasteiger partial charge is 0.368 e. The van der Waals surface area contributed by atoms with Gasteiger partial charge in [0.25, 0.3) is 0 Å². The molecule has 0 aromatic carbocycles. The van der Waals surface area contributed by atoms with Crippen LogP contribution in [0.5, 0.6) is 0 Å². The van der Waals surface area contributed by atoms with Crippen LogP contribution in [0, 0.1) is 0 Å². The van der Waals surface area contributed by atoms with Crippen LogP contribution in [0.1, 0.15) is 19.8 Å². The van der Waals surface area contributed by atoms with Crippen molar-refractivity contribution in [3.8, 4) is 0 Å². The molecule has 2 atom stereocenters. The van der Waals surface area contributed by atoms with Gasteiger partial charge in [-0.25, -0.2) is 0 Å². The van der Waals surface area contributed by atoms with Gasteiger partial charge >= 0.3 is 0 Å². The van der Waals surface area contributed by atoms with Crippen LogP contribution in [-0.2, 0) is 20.3 Å². The second-order valence-electron chi connectivity index (χ2n) is 4.47. The summed E-state index contributed by atoms with van der Waals surface area (Å²) < 4.78 is 16.5. The minimum absolute atomic E-state index is 0.0649. The molecule has 0 aromatic rings. The standard InChI is InChI=1S/C11H22N2O3S/c1-9(8-17(2)15)13-11(14)7-16-10-3-5-12-6-4-10/h9-10,12H,3-8H2,1-2H3,(H,13,14). The Kier molecular flexibility index (Phi) is 6.69. The maximum atomic E-state index is 11.5. The molecule has 6 heteroatoms. The Balaban J connectivity index is 2.13. The highest BCUT2D eigenvalue weighted by Crippen LogP contribution is 2.06. The molecule has 1 fully saturated rings. The molecule has 1 amide bonds. The second kappa shape index (κ2) is 7.79. The quantitative estimate of drug-likeness (QED) is 0.686. The topological polar surface area (TPSA) is 67.4 Å². The molecule has 5 nitrogen and oxygen atoms in total. The predicted molar refractivity (Wildman–Crippen MR) is 68.4 cm³/mol. The van der Waals surface area contributed by atoms with E-state index < -0.39 is 10.8 Å². The van der Waals surface area contributed by atoms with Crippen LogP contribution in [0.25, 0.3) is 0 Å². The van der Waals surface area contributed by atoms with E-state index >= 15 is 0 Å². The number of rotatable bonds is 6. The molecule has 1 rings (SSSR count). The molecule has 1 saturated heterocycles. The SMILES string of the molecule is CC(CS(C)=O)NC(=O)COC1CCNCC1.